The lowest BCUT2D eigenvalue weighted by Gasteiger charge is -2.40. The van der Waals surface area contributed by atoms with E-state index in [4.69, 9.17) is 29.6 Å². The summed E-state index contributed by atoms with van der Waals surface area (Å²) >= 11 is 6.35. The number of likely N-dealkylation sites (tertiary alicyclic amines) is 1. The Morgan fingerprint density at radius 2 is 1.84 bits per heavy atom. The summed E-state index contributed by atoms with van der Waals surface area (Å²) < 4.78 is 36.6. The van der Waals surface area contributed by atoms with Crippen LogP contribution in [-0.2, 0) is 18.1 Å². The quantitative estimate of drug-likeness (QED) is 0.406. The van der Waals surface area contributed by atoms with Crippen molar-refractivity contribution in [2.75, 3.05) is 33.4 Å². The standard InChI is InChI=1S/C26H29ClNO8P/c1-26(2)13-33-37(32,34-14-26)36-22-12-28(3)9-8-16(22)23-18(29)10-19(30)24-20(31)11-21(35-25(23)24)15-6-4-5-7-17(15)27/h4-7,10-11,16,22,29-30H,8-9,12-14H2,1-3H3/t16-,22+/m0/s1. The third-order valence-corrected chi connectivity index (χ3v) is 8.51. The highest BCUT2D eigenvalue weighted by Gasteiger charge is 2.44. The van der Waals surface area contributed by atoms with Crippen molar-refractivity contribution in [2.24, 2.45) is 5.41 Å². The monoisotopic (exact) mass is 549 g/mol. The third-order valence-electron chi connectivity index (χ3n) is 6.76. The van der Waals surface area contributed by atoms with Crippen molar-refractivity contribution in [3.8, 4) is 22.8 Å². The van der Waals surface area contributed by atoms with Gasteiger partial charge in [-0.25, -0.2) is 4.57 Å². The SMILES string of the molecule is CN1CC[C@H](c2c(O)cc(O)c3c(=O)cc(-c4ccccc4Cl)oc23)[C@H](OP2(=O)OCC(C)(C)CO2)C1. The number of phosphoric acid groups is 1. The lowest BCUT2D eigenvalue weighted by molar-refractivity contribution is -0.0270. The van der Waals surface area contributed by atoms with Gasteiger partial charge in [-0.1, -0.05) is 37.6 Å². The zero-order chi connectivity index (χ0) is 26.5. The molecule has 0 unspecified atom stereocenters. The topological polar surface area (TPSA) is 119 Å². The number of hydrogen-bond acceptors (Lipinski definition) is 9. The fourth-order valence-corrected chi connectivity index (χ4v) is 6.78. The number of likely N-dealkylation sites (N-methyl/N-ethyl adjacent to an activating group) is 1. The number of rotatable bonds is 4. The Balaban J connectivity index is 1.62. The van der Waals surface area contributed by atoms with E-state index in [0.29, 0.717) is 30.1 Å². The zero-order valence-electron chi connectivity index (χ0n) is 20.8. The molecule has 0 bridgehead atoms. The smallest absolute Gasteiger partial charge is 0.475 e. The highest BCUT2D eigenvalue weighted by molar-refractivity contribution is 7.48. The Morgan fingerprint density at radius 1 is 1.14 bits per heavy atom. The van der Waals surface area contributed by atoms with Crippen molar-refractivity contribution in [2.45, 2.75) is 32.3 Å². The molecule has 1 aromatic heterocycles. The normalized spacial score (nSPS) is 23.8. The fraction of sp³-hybridized carbons (Fsp3) is 0.423. The Kier molecular flexibility index (Phi) is 6.90. The van der Waals surface area contributed by atoms with Crippen molar-refractivity contribution in [1.82, 2.24) is 4.90 Å². The van der Waals surface area contributed by atoms with Crippen LogP contribution < -0.4 is 5.43 Å². The van der Waals surface area contributed by atoms with E-state index in [1.807, 2.05) is 25.8 Å². The summed E-state index contributed by atoms with van der Waals surface area (Å²) in [6.45, 7) is 5.29. The largest absolute Gasteiger partial charge is 0.507 e. The summed E-state index contributed by atoms with van der Waals surface area (Å²) in [6.07, 6.45) is -0.237. The van der Waals surface area contributed by atoms with Crippen LogP contribution in [0.2, 0.25) is 5.02 Å². The first kappa shape index (κ1) is 26.2. The highest BCUT2D eigenvalue weighted by atomic mass is 35.5. The molecule has 11 heteroatoms. The number of fused-ring (bicyclic) bond motifs is 1. The van der Waals surface area contributed by atoms with Crippen LogP contribution in [0.3, 0.4) is 0 Å². The molecule has 0 spiro atoms. The lowest BCUT2D eigenvalue weighted by atomic mass is 9.85. The average Bonchev–Trinajstić information content (AvgIpc) is 2.82. The number of phosphoric ester groups is 1. The van der Waals surface area contributed by atoms with Crippen LogP contribution in [0.4, 0.5) is 0 Å². The summed E-state index contributed by atoms with van der Waals surface area (Å²) in [7, 11) is -1.97. The molecule has 2 saturated heterocycles. The second kappa shape index (κ2) is 9.73. The summed E-state index contributed by atoms with van der Waals surface area (Å²) in [6, 6.07) is 9.28. The number of phenolic OH excluding ortho intramolecular Hbond substituents is 2. The van der Waals surface area contributed by atoms with Gasteiger partial charge in [-0.2, -0.15) is 0 Å². The maximum Gasteiger partial charge on any atom is 0.475 e. The molecule has 9 nitrogen and oxygen atoms in total. The Labute approximate surface area is 219 Å². The van der Waals surface area contributed by atoms with Gasteiger partial charge in [0.15, 0.2) is 5.43 Å². The van der Waals surface area contributed by atoms with Gasteiger partial charge in [0.05, 0.1) is 24.3 Å². The van der Waals surface area contributed by atoms with Crippen molar-refractivity contribution in [1.29, 1.82) is 0 Å². The average molecular weight is 550 g/mol. The molecule has 2 aliphatic rings. The molecule has 2 aliphatic heterocycles. The van der Waals surface area contributed by atoms with Gasteiger partial charge in [0.1, 0.15) is 28.2 Å². The van der Waals surface area contributed by atoms with Gasteiger partial charge in [-0.05, 0) is 32.1 Å². The maximum absolute atomic E-state index is 13.3. The van der Waals surface area contributed by atoms with Crippen molar-refractivity contribution < 1.29 is 32.8 Å². The molecule has 3 aromatic rings. The molecule has 3 heterocycles. The number of nitrogens with zero attached hydrogens (tertiary/aromatic N) is 1. The van der Waals surface area contributed by atoms with E-state index in [1.54, 1.807) is 24.3 Å². The highest BCUT2D eigenvalue weighted by Crippen LogP contribution is 2.57. The van der Waals surface area contributed by atoms with Gasteiger partial charge in [0.2, 0.25) is 0 Å². The molecule has 0 aliphatic carbocycles. The minimum absolute atomic E-state index is 0.0213. The first-order chi connectivity index (χ1) is 17.5. The van der Waals surface area contributed by atoms with Crippen LogP contribution in [-0.4, -0.2) is 54.6 Å². The molecule has 198 valence electrons. The van der Waals surface area contributed by atoms with Crippen molar-refractivity contribution >= 4 is 30.4 Å². The Bertz CT molecular complexity index is 1440. The molecular weight excluding hydrogens is 521 g/mol. The van der Waals surface area contributed by atoms with Crippen LogP contribution >= 0.6 is 19.4 Å². The third kappa shape index (κ3) is 5.17. The van der Waals surface area contributed by atoms with Gasteiger partial charge >= 0.3 is 7.82 Å². The summed E-state index contributed by atoms with van der Waals surface area (Å²) in [5.41, 5.74) is -0.00320. The predicted molar refractivity (Wildman–Crippen MR) is 139 cm³/mol. The lowest BCUT2D eigenvalue weighted by Crippen LogP contribution is -2.42. The molecule has 5 rings (SSSR count). The van der Waals surface area contributed by atoms with Crippen LogP contribution in [0, 0.1) is 5.41 Å². The number of phenols is 2. The van der Waals surface area contributed by atoms with Crippen molar-refractivity contribution in [3.05, 3.63) is 57.2 Å². The number of piperidine rings is 1. The van der Waals surface area contributed by atoms with E-state index >= 15 is 0 Å². The molecule has 2 N–H and O–H groups in total. The van der Waals surface area contributed by atoms with Crippen LogP contribution in [0.1, 0.15) is 31.7 Å². The van der Waals surface area contributed by atoms with E-state index in [1.165, 1.54) is 6.07 Å². The van der Waals surface area contributed by atoms with Gasteiger partial charge < -0.3 is 19.5 Å². The van der Waals surface area contributed by atoms with E-state index < -0.39 is 31.0 Å². The molecule has 0 amide bonds. The number of halogens is 1. The minimum Gasteiger partial charge on any atom is -0.507 e. The first-order valence-corrected chi connectivity index (χ1v) is 13.8. The maximum atomic E-state index is 13.3. The minimum atomic E-state index is -3.87. The van der Waals surface area contributed by atoms with Gasteiger partial charge in [-0.3, -0.25) is 18.4 Å². The first-order valence-electron chi connectivity index (χ1n) is 12.0. The van der Waals surface area contributed by atoms with Crippen LogP contribution in [0.15, 0.2) is 45.6 Å². The van der Waals surface area contributed by atoms with E-state index in [-0.39, 0.29) is 46.7 Å². The molecule has 2 aromatic carbocycles. The summed E-state index contributed by atoms with van der Waals surface area (Å²) in [5.74, 6) is -1.03. The van der Waals surface area contributed by atoms with Crippen LogP contribution in [0.5, 0.6) is 11.5 Å². The second-order valence-electron chi connectivity index (χ2n) is 10.4. The summed E-state index contributed by atoms with van der Waals surface area (Å²) in [4.78, 5) is 15.2. The van der Waals surface area contributed by atoms with E-state index in [0.717, 1.165) is 6.07 Å². The van der Waals surface area contributed by atoms with Gasteiger partial charge in [-0.15, -0.1) is 0 Å². The van der Waals surface area contributed by atoms with Gasteiger partial charge in [0, 0.05) is 41.1 Å². The number of benzene rings is 2. The summed E-state index contributed by atoms with van der Waals surface area (Å²) in [5, 5.41) is 21.9. The van der Waals surface area contributed by atoms with Crippen molar-refractivity contribution in [3.63, 3.8) is 0 Å². The molecule has 37 heavy (non-hydrogen) atoms. The molecule has 0 saturated carbocycles. The number of hydrogen-bond donors (Lipinski definition) is 2. The van der Waals surface area contributed by atoms with E-state index in [2.05, 4.69) is 0 Å². The molecule has 0 radical (unpaired) electrons. The predicted octanol–water partition coefficient (Wildman–Crippen LogP) is 5.51. The second-order valence-corrected chi connectivity index (χ2v) is 12.5. The number of aromatic hydroxyl groups is 2. The molecular formula is C26H29ClNO8P. The Hall–Kier alpha value is -2.39. The molecule has 2 fully saturated rings. The van der Waals surface area contributed by atoms with Gasteiger partial charge in [0.25, 0.3) is 0 Å². The van der Waals surface area contributed by atoms with E-state index in [9.17, 15) is 19.6 Å². The fourth-order valence-electron chi connectivity index (χ4n) is 4.79. The molecule has 2 atom stereocenters. The Morgan fingerprint density at radius 3 is 2.54 bits per heavy atom. The van der Waals surface area contributed by atoms with Crippen LogP contribution in [0.25, 0.3) is 22.3 Å². The zero-order valence-corrected chi connectivity index (χ0v) is 22.4.